The zero-order chi connectivity index (χ0) is 22.7. The van der Waals surface area contributed by atoms with Gasteiger partial charge in [-0.2, -0.15) is 0 Å². The summed E-state index contributed by atoms with van der Waals surface area (Å²) < 4.78 is 10.4. The van der Waals surface area contributed by atoms with Crippen LogP contribution in [0.3, 0.4) is 0 Å². The molecule has 0 amide bonds. The SMILES string of the molecule is CCCCCCCCCCCCCCOC(=O)CCCC(=O)Oc1c(Cl)cccc1Cl. The Morgan fingerprint density at radius 3 is 1.74 bits per heavy atom. The van der Waals surface area contributed by atoms with Gasteiger partial charge in [-0.1, -0.05) is 107 Å². The van der Waals surface area contributed by atoms with Crippen molar-refractivity contribution in [3.63, 3.8) is 0 Å². The van der Waals surface area contributed by atoms with Crippen LogP contribution in [0.5, 0.6) is 5.75 Å². The minimum absolute atomic E-state index is 0.106. The summed E-state index contributed by atoms with van der Waals surface area (Å²) in [5.74, 6) is -0.583. The number of hydrogen-bond acceptors (Lipinski definition) is 4. The number of halogens is 2. The van der Waals surface area contributed by atoms with Crippen LogP contribution in [0.4, 0.5) is 0 Å². The van der Waals surface area contributed by atoms with Crippen molar-refractivity contribution in [2.45, 2.75) is 103 Å². The molecule has 6 heteroatoms. The molecule has 0 bridgehead atoms. The molecular formula is C25H38Cl2O4. The summed E-state index contributed by atoms with van der Waals surface area (Å²) in [5.41, 5.74) is 0. The second-order valence-electron chi connectivity index (χ2n) is 7.99. The molecular weight excluding hydrogens is 435 g/mol. The van der Waals surface area contributed by atoms with Crippen molar-refractivity contribution in [2.75, 3.05) is 6.61 Å². The highest BCUT2D eigenvalue weighted by molar-refractivity contribution is 6.37. The van der Waals surface area contributed by atoms with Gasteiger partial charge in [0.15, 0.2) is 5.75 Å². The second kappa shape index (κ2) is 18.3. The van der Waals surface area contributed by atoms with Crippen LogP contribution in [0.2, 0.25) is 10.0 Å². The fraction of sp³-hybridized carbons (Fsp3) is 0.680. The van der Waals surface area contributed by atoms with Crippen LogP contribution in [0.1, 0.15) is 103 Å². The minimum atomic E-state index is -0.469. The third-order valence-corrected chi connectivity index (χ3v) is 5.75. The van der Waals surface area contributed by atoms with E-state index in [9.17, 15) is 9.59 Å². The van der Waals surface area contributed by atoms with Crippen LogP contribution in [0.25, 0.3) is 0 Å². The first-order chi connectivity index (χ1) is 15.0. The summed E-state index contributed by atoms with van der Waals surface area (Å²) in [6.45, 7) is 2.71. The predicted molar refractivity (Wildman–Crippen MR) is 128 cm³/mol. The van der Waals surface area contributed by atoms with E-state index in [1.54, 1.807) is 18.2 Å². The third-order valence-electron chi connectivity index (χ3n) is 5.16. The number of hydrogen-bond donors (Lipinski definition) is 0. The smallest absolute Gasteiger partial charge is 0.311 e. The average molecular weight is 473 g/mol. The molecule has 0 aliphatic rings. The molecule has 0 unspecified atom stereocenters. The first kappa shape index (κ1) is 27.8. The zero-order valence-corrected chi connectivity index (χ0v) is 20.4. The molecule has 4 nitrogen and oxygen atoms in total. The van der Waals surface area contributed by atoms with E-state index in [1.165, 1.54) is 64.2 Å². The van der Waals surface area contributed by atoms with Crippen LogP contribution >= 0.6 is 23.2 Å². The highest BCUT2D eigenvalue weighted by atomic mass is 35.5. The van der Waals surface area contributed by atoms with Crippen molar-refractivity contribution in [1.29, 1.82) is 0 Å². The molecule has 0 aromatic heterocycles. The van der Waals surface area contributed by atoms with E-state index >= 15 is 0 Å². The highest BCUT2D eigenvalue weighted by Crippen LogP contribution is 2.32. The molecule has 0 N–H and O–H groups in total. The van der Waals surface area contributed by atoms with Crippen LogP contribution in [-0.2, 0) is 14.3 Å². The molecule has 0 aliphatic carbocycles. The maximum absolute atomic E-state index is 11.9. The number of unbranched alkanes of at least 4 members (excludes halogenated alkanes) is 11. The van der Waals surface area contributed by atoms with Crippen LogP contribution in [-0.4, -0.2) is 18.5 Å². The Bertz CT molecular complexity index is 614. The molecule has 0 atom stereocenters. The molecule has 1 rings (SSSR count). The standard InChI is InChI=1S/C25H38Cl2O4/c1-2-3-4-5-6-7-8-9-10-11-12-13-20-30-23(28)18-15-19-24(29)31-25-21(26)16-14-17-22(25)27/h14,16-17H,2-13,15,18-20H2,1H3. The Labute approximate surface area is 198 Å². The van der Waals surface area contributed by atoms with Gasteiger partial charge in [-0.05, 0) is 25.0 Å². The zero-order valence-electron chi connectivity index (χ0n) is 18.9. The van der Waals surface area contributed by atoms with Gasteiger partial charge in [0.1, 0.15) is 0 Å². The van der Waals surface area contributed by atoms with Gasteiger partial charge in [-0.3, -0.25) is 9.59 Å². The fourth-order valence-electron chi connectivity index (χ4n) is 3.32. The Morgan fingerprint density at radius 1 is 0.710 bits per heavy atom. The Balaban J connectivity index is 1.93. The molecule has 1 aromatic carbocycles. The Morgan fingerprint density at radius 2 is 1.19 bits per heavy atom. The van der Waals surface area contributed by atoms with E-state index in [0.29, 0.717) is 13.0 Å². The second-order valence-corrected chi connectivity index (χ2v) is 8.80. The average Bonchev–Trinajstić information content (AvgIpc) is 2.74. The third kappa shape index (κ3) is 14.4. The summed E-state index contributed by atoms with van der Waals surface area (Å²) in [6.07, 6.45) is 16.0. The normalized spacial score (nSPS) is 10.8. The summed E-state index contributed by atoms with van der Waals surface area (Å²) >= 11 is 11.9. The Kier molecular flexibility index (Phi) is 16.4. The molecule has 0 radical (unpaired) electrons. The summed E-state index contributed by atoms with van der Waals surface area (Å²) in [7, 11) is 0. The van der Waals surface area contributed by atoms with Gasteiger partial charge in [0.25, 0.3) is 0 Å². The van der Waals surface area contributed by atoms with Crippen molar-refractivity contribution >= 4 is 35.1 Å². The number of esters is 2. The van der Waals surface area contributed by atoms with Crippen molar-refractivity contribution in [2.24, 2.45) is 0 Å². The van der Waals surface area contributed by atoms with E-state index in [4.69, 9.17) is 32.7 Å². The molecule has 0 saturated carbocycles. The number of ether oxygens (including phenoxy) is 2. The topological polar surface area (TPSA) is 52.6 Å². The number of benzene rings is 1. The molecule has 0 heterocycles. The van der Waals surface area contributed by atoms with E-state index in [1.807, 2.05) is 0 Å². The number of carbonyl (C=O) groups excluding carboxylic acids is 2. The van der Waals surface area contributed by atoms with Crippen LogP contribution in [0, 0.1) is 0 Å². The molecule has 31 heavy (non-hydrogen) atoms. The molecule has 1 aromatic rings. The first-order valence-electron chi connectivity index (χ1n) is 11.8. The lowest BCUT2D eigenvalue weighted by molar-refractivity contribution is -0.144. The lowest BCUT2D eigenvalue weighted by atomic mass is 10.1. The molecule has 0 fully saturated rings. The number of rotatable bonds is 18. The van der Waals surface area contributed by atoms with Gasteiger partial charge >= 0.3 is 11.9 Å². The quantitative estimate of drug-likeness (QED) is 0.122. The highest BCUT2D eigenvalue weighted by Gasteiger charge is 2.13. The minimum Gasteiger partial charge on any atom is -0.466 e. The maximum atomic E-state index is 11.9. The van der Waals surface area contributed by atoms with Gasteiger partial charge in [-0.25, -0.2) is 0 Å². The van der Waals surface area contributed by atoms with Crippen molar-refractivity contribution in [1.82, 2.24) is 0 Å². The van der Waals surface area contributed by atoms with Crippen LogP contribution < -0.4 is 4.74 Å². The van der Waals surface area contributed by atoms with E-state index in [2.05, 4.69) is 6.92 Å². The molecule has 176 valence electrons. The van der Waals surface area contributed by atoms with Crippen molar-refractivity contribution in [3.05, 3.63) is 28.2 Å². The molecule has 0 aliphatic heterocycles. The van der Waals surface area contributed by atoms with E-state index < -0.39 is 5.97 Å². The van der Waals surface area contributed by atoms with Crippen molar-refractivity contribution in [3.8, 4) is 5.75 Å². The van der Waals surface area contributed by atoms with E-state index in [-0.39, 0.29) is 34.6 Å². The van der Waals surface area contributed by atoms with Gasteiger partial charge in [0, 0.05) is 12.8 Å². The molecule has 0 saturated heterocycles. The molecule has 0 spiro atoms. The first-order valence-corrected chi connectivity index (χ1v) is 12.6. The monoisotopic (exact) mass is 472 g/mol. The van der Waals surface area contributed by atoms with Gasteiger partial charge in [0.2, 0.25) is 0 Å². The van der Waals surface area contributed by atoms with Crippen molar-refractivity contribution < 1.29 is 19.1 Å². The fourth-order valence-corrected chi connectivity index (χ4v) is 3.80. The largest absolute Gasteiger partial charge is 0.466 e. The Hall–Kier alpha value is -1.26. The van der Waals surface area contributed by atoms with Crippen LogP contribution in [0.15, 0.2) is 18.2 Å². The summed E-state index contributed by atoms with van der Waals surface area (Å²) in [5, 5.41) is 0.560. The van der Waals surface area contributed by atoms with Gasteiger partial charge < -0.3 is 9.47 Å². The number of carbonyl (C=O) groups is 2. The lowest BCUT2D eigenvalue weighted by Crippen LogP contribution is -2.11. The lowest BCUT2D eigenvalue weighted by Gasteiger charge is -2.08. The number of para-hydroxylation sites is 1. The van der Waals surface area contributed by atoms with E-state index in [0.717, 1.165) is 12.8 Å². The summed E-state index contributed by atoms with van der Waals surface area (Å²) in [4.78, 5) is 23.7. The van der Waals surface area contributed by atoms with Gasteiger partial charge in [0.05, 0.1) is 16.7 Å². The predicted octanol–water partition coefficient (Wildman–Crippen LogP) is 8.31. The van der Waals surface area contributed by atoms with Gasteiger partial charge in [-0.15, -0.1) is 0 Å². The summed E-state index contributed by atoms with van der Waals surface area (Å²) in [6, 6.07) is 4.88. The maximum Gasteiger partial charge on any atom is 0.311 e.